The second-order valence-electron chi connectivity index (χ2n) is 6.75. The Bertz CT molecular complexity index is 1020. The van der Waals surface area contributed by atoms with Crippen LogP contribution >= 0.6 is 11.6 Å². The molecule has 6 heteroatoms. The fraction of sp³-hybridized carbons (Fsp3) is 0.167. The van der Waals surface area contributed by atoms with Gasteiger partial charge in [-0.2, -0.15) is 0 Å². The van der Waals surface area contributed by atoms with Crippen LogP contribution in [0, 0.1) is 12.7 Å². The van der Waals surface area contributed by atoms with Crippen LogP contribution in [0.25, 0.3) is 0 Å². The van der Waals surface area contributed by atoms with Gasteiger partial charge in [0.05, 0.1) is 0 Å². The van der Waals surface area contributed by atoms with Gasteiger partial charge < -0.3 is 10.1 Å². The topological polar surface area (TPSA) is 55.4 Å². The van der Waals surface area contributed by atoms with Crippen LogP contribution in [-0.2, 0) is 0 Å². The van der Waals surface area contributed by atoms with Gasteiger partial charge >= 0.3 is 0 Å². The third-order valence-corrected chi connectivity index (χ3v) is 4.79. The Morgan fingerprint density at radius 1 is 1.00 bits per heavy atom. The lowest BCUT2D eigenvalue weighted by molar-refractivity contribution is 0.0787. The van der Waals surface area contributed by atoms with Crippen molar-refractivity contribution in [2.45, 2.75) is 19.4 Å². The predicted molar refractivity (Wildman–Crippen MR) is 116 cm³/mol. The van der Waals surface area contributed by atoms with Gasteiger partial charge in [-0.1, -0.05) is 18.2 Å². The molecule has 30 heavy (non-hydrogen) atoms. The molecule has 0 radical (unpaired) electrons. The molecule has 0 bridgehead atoms. The molecule has 1 unspecified atom stereocenters. The number of anilines is 1. The summed E-state index contributed by atoms with van der Waals surface area (Å²) in [6.45, 7) is 1.88. The maximum absolute atomic E-state index is 13.1. The predicted octanol–water partition coefficient (Wildman–Crippen LogP) is 5.65. The van der Waals surface area contributed by atoms with Crippen molar-refractivity contribution in [3.63, 3.8) is 0 Å². The minimum Gasteiger partial charge on any atom is -0.482 e. The maximum Gasteiger partial charge on any atom is 0.255 e. The van der Waals surface area contributed by atoms with Crippen LogP contribution in [0.2, 0.25) is 0 Å². The van der Waals surface area contributed by atoms with E-state index in [1.807, 2.05) is 25.1 Å². The highest BCUT2D eigenvalue weighted by molar-refractivity contribution is 6.18. The van der Waals surface area contributed by atoms with Crippen molar-refractivity contribution in [2.75, 3.05) is 11.2 Å². The molecule has 4 nitrogen and oxygen atoms in total. The van der Waals surface area contributed by atoms with E-state index in [4.69, 9.17) is 16.3 Å². The van der Waals surface area contributed by atoms with E-state index in [0.717, 1.165) is 5.56 Å². The van der Waals surface area contributed by atoms with Crippen LogP contribution in [0.5, 0.6) is 5.75 Å². The maximum atomic E-state index is 13.1. The Balaban J connectivity index is 1.68. The first kappa shape index (κ1) is 21.5. The summed E-state index contributed by atoms with van der Waals surface area (Å²) in [5, 5.41) is 2.84. The molecule has 0 spiro atoms. The average Bonchev–Trinajstić information content (AvgIpc) is 2.75. The van der Waals surface area contributed by atoms with Gasteiger partial charge in [-0.25, -0.2) is 4.39 Å². The summed E-state index contributed by atoms with van der Waals surface area (Å²) in [5.41, 5.74) is 2.45. The lowest BCUT2D eigenvalue weighted by Gasteiger charge is -2.17. The molecular formula is C24H21ClFNO3. The SMILES string of the molecule is Cc1ccccc1C(=O)Nc1ccc(OC(CCCl)C(=O)c2ccc(F)cc2)cc1. The molecule has 1 amide bonds. The number of hydrogen-bond acceptors (Lipinski definition) is 3. The second-order valence-corrected chi connectivity index (χ2v) is 7.13. The fourth-order valence-electron chi connectivity index (χ4n) is 2.95. The fourth-order valence-corrected chi connectivity index (χ4v) is 3.15. The number of hydrogen-bond donors (Lipinski definition) is 1. The van der Waals surface area contributed by atoms with Gasteiger partial charge in [0, 0.05) is 29.1 Å². The number of ether oxygens (including phenoxy) is 1. The first-order chi connectivity index (χ1) is 14.5. The summed E-state index contributed by atoms with van der Waals surface area (Å²) in [6.07, 6.45) is -0.482. The summed E-state index contributed by atoms with van der Waals surface area (Å²) in [7, 11) is 0. The molecule has 0 aromatic heterocycles. The Morgan fingerprint density at radius 2 is 1.67 bits per heavy atom. The Labute approximate surface area is 179 Å². The third-order valence-electron chi connectivity index (χ3n) is 4.57. The molecule has 1 atom stereocenters. The number of alkyl halides is 1. The molecule has 1 N–H and O–H groups in total. The van der Waals surface area contributed by atoms with Crippen LogP contribution in [0.4, 0.5) is 10.1 Å². The molecule has 3 rings (SSSR count). The molecule has 3 aromatic rings. The zero-order valence-corrected chi connectivity index (χ0v) is 17.2. The smallest absolute Gasteiger partial charge is 0.255 e. The number of ketones is 1. The number of halogens is 2. The molecule has 0 heterocycles. The minimum atomic E-state index is -0.791. The first-order valence-electron chi connectivity index (χ1n) is 9.47. The highest BCUT2D eigenvalue weighted by Crippen LogP contribution is 2.21. The standard InChI is InChI=1S/C24H21ClFNO3/c1-16-4-2-3-5-21(16)24(29)27-19-10-12-20(13-11-19)30-22(14-15-25)23(28)17-6-8-18(26)9-7-17/h2-13,22H,14-15H2,1H3,(H,27,29). The summed E-state index contributed by atoms with van der Waals surface area (Å²) in [4.78, 5) is 25.1. The van der Waals surface area contributed by atoms with Gasteiger partial charge in [0.25, 0.3) is 5.91 Å². The van der Waals surface area contributed by atoms with E-state index in [0.29, 0.717) is 29.0 Å². The molecule has 0 saturated heterocycles. The second kappa shape index (κ2) is 10.0. The van der Waals surface area contributed by atoms with E-state index >= 15 is 0 Å². The normalized spacial score (nSPS) is 11.6. The van der Waals surface area contributed by atoms with E-state index in [1.54, 1.807) is 30.3 Å². The van der Waals surface area contributed by atoms with Crippen LogP contribution < -0.4 is 10.1 Å². The summed E-state index contributed by atoms with van der Waals surface area (Å²) >= 11 is 5.83. The Morgan fingerprint density at radius 3 is 2.30 bits per heavy atom. The largest absolute Gasteiger partial charge is 0.482 e. The van der Waals surface area contributed by atoms with Crippen molar-refractivity contribution in [3.05, 3.63) is 95.3 Å². The van der Waals surface area contributed by atoms with E-state index < -0.39 is 11.9 Å². The van der Waals surface area contributed by atoms with Gasteiger partial charge in [-0.3, -0.25) is 9.59 Å². The summed E-state index contributed by atoms with van der Waals surface area (Å²) < 4.78 is 18.9. The average molecular weight is 426 g/mol. The van der Waals surface area contributed by atoms with Crippen LogP contribution in [0.15, 0.2) is 72.8 Å². The number of carbonyl (C=O) groups is 2. The first-order valence-corrected chi connectivity index (χ1v) is 10.0. The van der Waals surface area contributed by atoms with E-state index in [9.17, 15) is 14.0 Å². The van der Waals surface area contributed by atoms with Gasteiger partial charge in [0.15, 0.2) is 6.10 Å². The van der Waals surface area contributed by atoms with Crippen LogP contribution in [0.3, 0.4) is 0 Å². The number of carbonyl (C=O) groups excluding carboxylic acids is 2. The molecule has 0 fully saturated rings. The lowest BCUT2D eigenvalue weighted by atomic mass is 10.0. The van der Waals surface area contributed by atoms with Crippen molar-refractivity contribution < 1.29 is 18.7 Å². The van der Waals surface area contributed by atoms with Crippen molar-refractivity contribution in [3.8, 4) is 5.75 Å². The van der Waals surface area contributed by atoms with E-state index in [2.05, 4.69) is 5.32 Å². The molecule has 154 valence electrons. The molecule has 0 saturated carbocycles. The van der Waals surface area contributed by atoms with Gasteiger partial charge in [-0.15, -0.1) is 11.6 Å². The monoisotopic (exact) mass is 425 g/mol. The van der Waals surface area contributed by atoms with Crippen LogP contribution in [-0.4, -0.2) is 23.7 Å². The van der Waals surface area contributed by atoms with Gasteiger partial charge in [-0.05, 0) is 67.1 Å². The number of nitrogens with one attached hydrogen (secondary N) is 1. The van der Waals surface area contributed by atoms with Crippen molar-refractivity contribution in [2.24, 2.45) is 0 Å². The number of rotatable bonds is 8. The molecular weight excluding hydrogens is 405 g/mol. The highest BCUT2D eigenvalue weighted by atomic mass is 35.5. The number of Topliss-reactive ketones (excluding diaryl/α,β-unsaturated/α-hetero) is 1. The van der Waals surface area contributed by atoms with Gasteiger partial charge in [0.2, 0.25) is 5.78 Å². The van der Waals surface area contributed by atoms with Crippen LogP contribution in [0.1, 0.15) is 32.7 Å². The zero-order chi connectivity index (χ0) is 21.5. The number of aryl methyl sites for hydroxylation is 1. The van der Waals surface area contributed by atoms with Crippen molar-refractivity contribution in [1.29, 1.82) is 0 Å². The van der Waals surface area contributed by atoms with Gasteiger partial charge in [0.1, 0.15) is 11.6 Å². The highest BCUT2D eigenvalue weighted by Gasteiger charge is 2.21. The van der Waals surface area contributed by atoms with E-state index in [1.165, 1.54) is 24.3 Å². The van der Waals surface area contributed by atoms with Crippen molar-refractivity contribution >= 4 is 29.0 Å². The molecule has 0 aliphatic rings. The summed E-state index contributed by atoms with van der Waals surface area (Å²) in [5.74, 6) is -0.178. The van der Waals surface area contributed by atoms with E-state index in [-0.39, 0.29) is 17.6 Å². The quantitative estimate of drug-likeness (QED) is 0.375. The van der Waals surface area contributed by atoms with Crippen molar-refractivity contribution in [1.82, 2.24) is 0 Å². The Hall–Kier alpha value is -3.18. The molecule has 3 aromatic carbocycles. The number of amides is 1. The number of benzene rings is 3. The lowest BCUT2D eigenvalue weighted by Crippen LogP contribution is -2.28. The zero-order valence-electron chi connectivity index (χ0n) is 16.4. The Kier molecular flexibility index (Phi) is 7.20. The molecule has 0 aliphatic carbocycles. The minimum absolute atomic E-state index is 0.201. The third kappa shape index (κ3) is 5.45. The summed E-state index contributed by atoms with van der Waals surface area (Å²) in [6, 6.07) is 19.4. The molecule has 0 aliphatic heterocycles.